The second kappa shape index (κ2) is 7.59. The minimum absolute atomic E-state index is 0.187. The molecule has 0 fully saturated rings. The predicted molar refractivity (Wildman–Crippen MR) is 80.9 cm³/mol. The molecule has 3 nitrogen and oxygen atoms in total. The number of nitrogens with two attached hydrogens (primary N) is 1. The molecule has 1 rings (SSSR count). The van der Waals surface area contributed by atoms with Gasteiger partial charge in [-0.05, 0) is 36.5 Å². The van der Waals surface area contributed by atoms with Crippen molar-refractivity contribution in [3.8, 4) is 0 Å². The highest BCUT2D eigenvalue weighted by atomic mass is 32.2. The lowest BCUT2D eigenvalue weighted by molar-refractivity contribution is 0.318. The Balaban J connectivity index is 2.96. The summed E-state index contributed by atoms with van der Waals surface area (Å²) >= 11 is 3.37. The average Bonchev–Trinajstić information content (AvgIpc) is 2.37. The van der Waals surface area contributed by atoms with Gasteiger partial charge in [0, 0.05) is 15.4 Å². The molecular formula is C13H20N2OS2. The molecule has 18 heavy (non-hydrogen) atoms. The first-order valence-electron chi connectivity index (χ1n) is 5.87. The van der Waals surface area contributed by atoms with E-state index in [4.69, 9.17) is 10.9 Å². The maximum atomic E-state index is 8.89. The predicted octanol–water partition coefficient (Wildman–Crippen LogP) is 3.64. The fourth-order valence-corrected chi connectivity index (χ4v) is 3.55. The van der Waals surface area contributed by atoms with Gasteiger partial charge in [-0.15, -0.1) is 23.5 Å². The SMILES string of the molecule is CSc1cccc(SCCC(C)C)c1/C(N)=N/O. The summed E-state index contributed by atoms with van der Waals surface area (Å²) in [7, 11) is 0. The van der Waals surface area contributed by atoms with E-state index in [0.717, 1.165) is 27.5 Å². The van der Waals surface area contributed by atoms with Gasteiger partial charge >= 0.3 is 0 Å². The van der Waals surface area contributed by atoms with Crippen LogP contribution >= 0.6 is 23.5 Å². The van der Waals surface area contributed by atoms with Crippen LogP contribution in [0.4, 0.5) is 0 Å². The van der Waals surface area contributed by atoms with Crippen molar-refractivity contribution in [2.75, 3.05) is 12.0 Å². The summed E-state index contributed by atoms with van der Waals surface area (Å²) in [6, 6.07) is 6.03. The Bertz CT molecular complexity index is 419. The van der Waals surface area contributed by atoms with Crippen LogP contribution in [0.2, 0.25) is 0 Å². The van der Waals surface area contributed by atoms with Crippen molar-refractivity contribution >= 4 is 29.4 Å². The molecule has 0 spiro atoms. The topological polar surface area (TPSA) is 58.6 Å². The van der Waals surface area contributed by atoms with E-state index < -0.39 is 0 Å². The van der Waals surface area contributed by atoms with E-state index in [1.807, 2.05) is 24.5 Å². The van der Waals surface area contributed by atoms with Gasteiger partial charge in [-0.25, -0.2) is 0 Å². The highest BCUT2D eigenvalue weighted by molar-refractivity contribution is 8.00. The monoisotopic (exact) mass is 284 g/mol. The summed E-state index contributed by atoms with van der Waals surface area (Å²) in [5, 5.41) is 12.0. The van der Waals surface area contributed by atoms with Gasteiger partial charge in [-0.3, -0.25) is 0 Å². The van der Waals surface area contributed by atoms with Crippen LogP contribution in [0.1, 0.15) is 25.8 Å². The Morgan fingerprint density at radius 2 is 2.06 bits per heavy atom. The van der Waals surface area contributed by atoms with Crippen molar-refractivity contribution < 1.29 is 5.21 Å². The molecule has 0 aliphatic carbocycles. The van der Waals surface area contributed by atoms with Gasteiger partial charge in [0.2, 0.25) is 0 Å². The number of nitrogens with zero attached hydrogens (tertiary/aromatic N) is 1. The normalized spacial score (nSPS) is 12.1. The van der Waals surface area contributed by atoms with E-state index in [9.17, 15) is 0 Å². The zero-order chi connectivity index (χ0) is 13.5. The minimum Gasteiger partial charge on any atom is -0.409 e. The van der Waals surface area contributed by atoms with E-state index >= 15 is 0 Å². The molecule has 0 aliphatic rings. The summed E-state index contributed by atoms with van der Waals surface area (Å²) < 4.78 is 0. The number of thioether (sulfide) groups is 2. The molecule has 0 saturated heterocycles. The van der Waals surface area contributed by atoms with Crippen molar-refractivity contribution in [1.82, 2.24) is 0 Å². The largest absolute Gasteiger partial charge is 0.409 e. The molecule has 0 saturated carbocycles. The summed E-state index contributed by atoms with van der Waals surface area (Å²) in [5.41, 5.74) is 6.62. The van der Waals surface area contributed by atoms with Crippen molar-refractivity contribution in [1.29, 1.82) is 0 Å². The van der Waals surface area contributed by atoms with Gasteiger partial charge in [0.25, 0.3) is 0 Å². The number of hydrogen-bond donors (Lipinski definition) is 2. The van der Waals surface area contributed by atoms with Gasteiger partial charge in [-0.2, -0.15) is 0 Å². The molecule has 1 aromatic carbocycles. The number of hydrogen-bond acceptors (Lipinski definition) is 4. The van der Waals surface area contributed by atoms with E-state index in [1.165, 1.54) is 0 Å². The van der Waals surface area contributed by atoms with Crippen LogP contribution in [-0.2, 0) is 0 Å². The molecular weight excluding hydrogens is 264 g/mol. The lowest BCUT2D eigenvalue weighted by Crippen LogP contribution is -2.15. The van der Waals surface area contributed by atoms with Crippen LogP contribution in [0.5, 0.6) is 0 Å². The Hall–Kier alpha value is -0.810. The van der Waals surface area contributed by atoms with Gasteiger partial charge in [0.05, 0.1) is 0 Å². The first kappa shape index (κ1) is 15.2. The molecule has 0 aromatic heterocycles. The second-order valence-electron chi connectivity index (χ2n) is 4.35. The van der Waals surface area contributed by atoms with Crippen molar-refractivity contribution in [2.45, 2.75) is 30.1 Å². The van der Waals surface area contributed by atoms with Crippen molar-refractivity contribution in [3.05, 3.63) is 23.8 Å². The zero-order valence-corrected chi connectivity index (χ0v) is 12.6. The van der Waals surface area contributed by atoms with Crippen LogP contribution in [0, 0.1) is 5.92 Å². The summed E-state index contributed by atoms with van der Waals surface area (Å²) in [6.07, 6.45) is 3.15. The maximum Gasteiger partial charge on any atom is 0.172 e. The van der Waals surface area contributed by atoms with Crippen LogP contribution in [0.15, 0.2) is 33.1 Å². The van der Waals surface area contributed by atoms with Crippen LogP contribution < -0.4 is 5.73 Å². The van der Waals surface area contributed by atoms with E-state index in [2.05, 4.69) is 19.0 Å². The van der Waals surface area contributed by atoms with Gasteiger partial charge < -0.3 is 10.9 Å². The van der Waals surface area contributed by atoms with E-state index in [0.29, 0.717) is 5.92 Å². The molecule has 0 atom stereocenters. The standard InChI is InChI=1S/C13H20N2OS2/c1-9(2)7-8-18-11-6-4-5-10(17-3)12(11)13(14)15-16/h4-6,9,16H,7-8H2,1-3H3,(H2,14,15). The fourth-order valence-electron chi connectivity index (χ4n) is 1.51. The first-order chi connectivity index (χ1) is 8.60. The Morgan fingerprint density at radius 3 is 2.61 bits per heavy atom. The number of rotatable bonds is 6. The third-order valence-corrected chi connectivity index (χ3v) is 4.40. The lowest BCUT2D eigenvalue weighted by atomic mass is 10.2. The molecule has 3 N–H and O–H groups in total. The highest BCUT2D eigenvalue weighted by Crippen LogP contribution is 2.31. The molecule has 0 radical (unpaired) electrons. The van der Waals surface area contributed by atoms with Gasteiger partial charge in [0.15, 0.2) is 5.84 Å². The molecule has 0 amide bonds. The third-order valence-electron chi connectivity index (χ3n) is 2.52. The molecule has 0 bridgehead atoms. The number of amidine groups is 1. The van der Waals surface area contributed by atoms with Gasteiger partial charge in [0.1, 0.15) is 0 Å². The molecule has 5 heteroatoms. The van der Waals surface area contributed by atoms with E-state index in [1.54, 1.807) is 23.5 Å². The summed E-state index contributed by atoms with van der Waals surface area (Å²) in [4.78, 5) is 2.12. The van der Waals surface area contributed by atoms with Crippen LogP contribution in [-0.4, -0.2) is 23.1 Å². The molecule has 1 aromatic rings. The Kier molecular flexibility index (Phi) is 6.43. The fraction of sp³-hybridized carbons (Fsp3) is 0.462. The van der Waals surface area contributed by atoms with Crippen LogP contribution in [0.3, 0.4) is 0 Å². The molecule has 100 valence electrons. The van der Waals surface area contributed by atoms with Crippen LogP contribution in [0.25, 0.3) is 0 Å². The second-order valence-corrected chi connectivity index (χ2v) is 6.33. The first-order valence-corrected chi connectivity index (χ1v) is 8.08. The molecule has 0 heterocycles. The van der Waals surface area contributed by atoms with Gasteiger partial charge in [-0.1, -0.05) is 25.1 Å². The van der Waals surface area contributed by atoms with Crippen molar-refractivity contribution in [3.63, 3.8) is 0 Å². The smallest absolute Gasteiger partial charge is 0.172 e. The summed E-state index contributed by atoms with van der Waals surface area (Å²) in [6.45, 7) is 4.42. The van der Waals surface area contributed by atoms with E-state index in [-0.39, 0.29) is 5.84 Å². The number of oxime groups is 1. The summed E-state index contributed by atoms with van der Waals surface area (Å²) in [5.74, 6) is 1.92. The minimum atomic E-state index is 0.187. The quantitative estimate of drug-likeness (QED) is 0.275. The molecule has 0 unspecified atom stereocenters. The lowest BCUT2D eigenvalue weighted by Gasteiger charge is -2.12. The van der Waals surface area contributed by atoms with Crippen molar-refractivity contribution in [2.24, 2.45) is 16.8 Å². The Morgan fingerprint density at radius 1 is 1.39 bits per heavy atom. The highest BCUT2D eigenvalue weighted by Gasteiger charge is 2.12. The third kappa shape index (κ3) is 4.14. The zero-order valence-electron chi connectivity index (χ0n) is 11.0. The number of benzene rings is 1. The maximum absolute atomic E-state index is 8.89. The Labute approximate surface area is 117 Å². The average molecular weight is 284 g/mol. The molecule has 0 aliphatic heterocycles.